The fraction of sp³-hybridized carbons (Fsp3) is 0.500. The second-order valence-corrected chi connectivity index (χ2v) is 4.41. The number of aliphatic imine (C=N–C) groups is 1. The molecule has 0 unspecified atom stereocenters. The normalized spacial score (nSPS) is 11.8. The monoisotopic (exact) mass is 415 g/mol. The fourth-order valence-corrected chi connectivity index (χ4v) is 1.62. The first-order valence-corrected chi connectivity index (χ1v) is 6.56. The highest BCUT2D eigenvalue weighted by Gasteiger charge is 2.26. The Morgan fingerprint density at radius 3 is 2.43 bits per heavy atom. The lowest BCUT2D eigenvalue weighted by Gasteiger charge is -2.12. The van der Waals surface area contributed by atoms with Crippen LogP contribution < -0.4 is 10.6 Å². The van der Waals surface area contributed by atoms with Crippen molar-refractivity contribution in [2.75, 3.05) is 13.1 Å². The Morgan fingerprint density at radius 2 is 1.86 bits per heavy atom. The van der Waals surface area contributed by atoms with Crippen molar-refractivity contribution in [3.8, 4) is 0 Å². The third-order valence-electron chi connectivity index (χ3n) is 2.71. The van der Waals surface area contributed by atoms with Crippen LogP contribution >= 0.6 is 24.0 Å². The predicted molar refractivity (Wildman–Crippen MR) is 90.1 cm³/mol. The molecule has 0 radical (unpaired) electrons. The van der Waals surface area contributed by atoms with Gasteiger partial charge in [-0.25, -0.2) is 4.99 Å². The summed E-state index contributed by atoms with van der Waals surface area (Å²) in [4.78, 5) is 4.29. The zero-order valence-electron chi connectivity index (χ0n) is 12.1. The van der Waals surface area contributed by atoms with Gasteiger partial charge in [0.1, 0.15) is 0 Å². The average Bonchev–Trinajstić information content (AvgIpc) is 2.36. The Labute approximate surface area is 140 Å². The van der Waals surface area contributed by atoms with Crippen LogP contribution in [0.3, 0.4) is 0 Å². The molecule has 1 aromatic carbocycles. The fourth-order valence-electron chi connectivity index (χ4n) is 1.62. The molecule has 0 aliphatic carbocycles. The van der Waals surface area contributed by atoms with E-state index in [1.807, 2.05) is 38.1 Å². The standard InChI is InChI=1S/C14H20F3N3.HI/c1-3-18-13(19-9-8-14(15,16)17)20-10-12-7-5-4-6-11(12)2;/h4-7H,3,8-10H2,1-2H3,(H2,18,19,20);1H. The lowest BCUT2D eigenvalue weighted by molar-refractivity contribution is -0.132. The van der Waals surface area contributed by atoms with Crippen molar-refractivity contribution in [2.45, 2.75) is 33.0 Å². The topological polar surface area (TPSA) is 36.4 Å². The van der Waals surface area contributed by atoms with Crippen LogP contribution in [0.2, 0.25) is 0 Å². The lowest BCUT2D eigenvalue weighted by atomic mass is 10.1. The van der Waals surface area contributed by atoms with Gasteiger partial charge >= 0.3 is 6.18 Å². The number of hydrogen-bond acceptors (Lipinski definition) is 1. The maximum absolute atomic E-state index is 12.1. The van der Waals surface area contributed by atoms with E-state index in [0.29, 0.717) is 19.0 Å². The Bertz CT molecular complexity index is 447. The lowest BCUT2D eigenvalue weighted by Crippen LogP contribution is -2.38. The number of halogens is 4. The van der Waals surface area contributed by atoms with E-state index >= 15 is 0 Å². The molecule has 0 amide bonds. The summed E-state index contributed by atoms with van der Waals surface area (Å²) in [6.45, 7) is 4.71. The van der Waals surface area contributed by atoms with E-state index in [9.17, 15) is 13.2 Å². The highest BCUT2D eigenvalue weighted by atomic mass is 127. The third kappa shape index (κ3) is 8.79. The molecule has 0 heterocycles. The highest BCUT2D eigenvalue weighted by Crippen LogP contribution is 2.18. The quantitative estimate of drug-likeness (QED) is 0.438. The van der Waals surface area contributed by atoms with Crippen molar-refractivity contribution in [1.29, 1.82) is 0 Å². The number of guanidine groups is 1. The van der Waals surface area contributed by atoms with Crippen LogP contribution in [0, 0.1) is 6.92 Å². The first kappa shape index (κ1) is 20.0. The summed E-state index contributed by atoms with van der Waals surface area (Å²) in [7, 11) is 0. The molecule has 3 nitrogen and oxygen atoms in total. The first-order chi connectivity index (χ1) is 9.42. The van der Waals surface area contributed by atoms with Gasteiger partial charge in [-0.1, -0.05) is 24.3 Å². The van der Waals surface area contributed by atoms with Gasteiger partial charge in [0.15, 0.2) is 5.96 Å². The van der Waals surface area contributed by atoms with Gasteiger partial charge in [0.05, 0.1) is 13.0 Å². The smallest absolute Gasteiger partial charge is 0.357 e. The molecule has 0 spiro atoms. The predicted octanol–water partition coefficient (Wildman–Crippen LogP) is 3.62. The summed E-state index contributed by atoms with van der Waals surface area (Å²) in [5, 5.41) is 5.62. The van der Waals surface area contributed by atoms with E-state index in [2.05, 4.69) is 15.6 Å². The van der Waals surface area contributed by atoms with Gasteiger partial charge in [0.25, 0.3) is 0 Å². The van der Waals surface area contributed by atoms with Crippen LogP contribution in [0.15, 0.2) is 29.3 Å². The Balaban J connectivity index is 0.00000400. The van der Waals surface area contributed by atoms with E-state index in [1.165, 1.54) is 0 Å². The van der Waals surface area contributed by atoms with Crippen LogP contribution in [-0.4, -0.2) is 25.2 Å². The second kappa shape index (κ2) is 9.86. The van der Waals surface area contributed by atoms with Gasteiger partial charge in [-0.15, -0.1) is 24.0 Å². The molecule has 0 saturated carbocycles. The minimum Gasteiger partial charge on any atom is -0.357 e. The molecule has 0 aliphatic heterocycles. The largest absolute Gasteiger partial charge is 0.390 e. The number of nitrogens with zero attached hydrogens (tertiary/aromatic N) is 1. The molecule has 0 fully saturated rings. The zero-order valence-corrected chi connectivity index (χ0v) is 14.5. The minimum atomic E-state index is -4.15. The van der Waals surface area contributed by atoms with E-state index < -0.39 is 12.6 Å². The third-order valence-corrected chi connectivity index (χ3v) is 2.71. The van der Waals surface area contributed by atoms with E-state index in [0.717, 1.165) is 11.1 Å². The summed E-state index contributed by atoms with van der Waals surface area (Å²) < 4.78 is 36.3. The van der Waals surface area contributed by atoms with Crippen molar-refractivity contribution in [1.82, 2.24) is 10.6 Å². The molecule has 0 saturated heterocycles. The summed E-state index contributed by atoms with van der Waals surface area (Å²) >= 11 is 0. The van der Waals surface area contributed by atoms with Crippen LogP contribution in [0.5, 0.6) is 0 Å². The maximum atomic E-state index is 12.1. The molecular weight excluding hydrogens is 394 g/mol. The summed E-state index contributed by atoms with van der Waals surface area (Å²) in [6.07, 6.45) is -5.03. The Hall–Kier alpha value is -0.990. The van der Waals surface area contributed by atoms with Gasteiger partial charge in [0.2, 0.25) is 0 Å². The molecule has 0 atom stereocenters. The second-order valence-electron chi connectivity index (χ2n) is 4.41. The molecule has 2 N–H and O–H groups in total. The van der Waals surface area contributed by atoms with E-state index in [-0.39, 0.29) is 30.5 Å². The van der Waals surface area contributed by atoms with Gasteiger partial charge in [-0.3, -0.25) is 0 Å². The molecule has 1 rings (SSSR count). The zero-order chi connectivity index (χ0) is 15.0. The SMILES string of the molecule is CCNC(=NCc1ccccc1C)NCCC(F)(F)F.I. The van der Waals surface area contributed by atoms with Gasteiger partial charge < -0.3 is 10.6 Å². The molecule has 0 aromatic heterocycles. The number of rotatable bonds is 5. The van der Waals surface area contributed by atoms with Gasteiger partial charge in [-0.2, -0.15) is 13.2 Å². The van der Waals surface area contributed by atoms with E-state index in [1.54, 1.807) is 0 Å². The number of benzene rings is 1. The van der Waals surface area contributed by atoms with Crippen molar-refractivity contribution in [2.24, 2.45) is 4.99 Å². The van der Waals surface area contributed by atoms with Crippen LogP contribution in [0.4, 0.5) is 13.2 Å². The minimum absolute atomic E-state index is 0. The summed E-state index contributed by atoms with van der Waals surface area (Å²) in [5.41, 5.74) is 2.17. The molecule has 0 aliphatic rings. The number of aryl methyl sites for hydroxylation is 1. The van der Waals surface area contributed by atoms with Crippen molar-refractivity contribution < 1.29 is 13.2 Å². The van der Waals surface area contributed by atoms with Gasteiger partial charge in [-0.05, 0) is 25.0 Å². The van der Waals surface area contributed by atoms with Crippen LogP contribution in [0.25, 0.3) is 0 Å². The van der Waals surface area contributed by atoms with Crippen LogP contribution in [-0.2, 0) is 6.54 Å². The Morgan fingerprint density at radius 1 is 1.19 bits per heavy atom. The van der Waals surface area contributed by atoms with Crippen molar-refractivity contribution >= 4 is 29.9 Å². The van der Waals surface area contributed by atoms with E-state index in [4.69, 9.17) is 0 Å². The Kier molecular flexibility index (Phi) is 9.39. The van der Waals surface area contributed by atoms with Crippen LogP contribution in [0.1, 0.15) is 24.5 Å². The number of alkyl halides is 3. The molecule has 120 valence electrons. The number of hydrogen-bond donors (Lipinski definition) is 2. The first-order valence-electron chi connectivity index (χ1n) is 6.56. The van der Waals surface area contributed by atoms with Crippen molar-refractivity contribution in [3.05, 3.63) is 35.4 Å². The van der Waals surface area contributed by atoms with Crippen molar-refractivity contribution in [3.63, 3.8) is 0 Å². The average molecular weight is 415 g/mol. The highest BCUT2D eigenvalue weighted by molar-refractivity contribution is 14.0. The molecule has 7 heteroatoms. The molecular formula is C14H21F3IN3. The molecule has 0 bridgehead atoms. The maximum Gasteiger partial charge on any atom is 0.390 e. The molecule has 1 aromatic rings. The molecule has 21 heavy (non-hydrogen) atoms. The van der Waals surface area contributed by atoms with Gasteiger partial charge in [0, 0.05) is 13.1 Å². The summed E-state index contributed by atoms with van der Waals surface area (Å²) in [6, 6.07) is 7.80. The summed E-state index contributed by atoms with van der Waals surface area (Å²) in [5.74, 6) is 0.403. The number of nitrogens with one attached hydrogen (secondary N) is 2.